The predicted molar refractivity (Wildman–Crippen MR) is 63.9 cm³/mol. The number of likely N-dealkylation sites (N-methyl/N-ethyl adjacent to an activating group) is 2. The minimum Gasteiger partial charge on any atom is -0.480 e. The van der Waals surface area contributed by atoms with E-state index in [0.29, 0.717) is 25.9 Å². The van der Waals surface area contributed by atoms with Crippen LogP contribution in [0.2, 0.25) is 0 Å². The van der Waals surface area contributed by atoms with Gasteiger partial charge in [-0.05, 0) is 19.9 Å². The second-order valence-corrected chi connectivity index (χ2v) is 4.55. The van der Waals surface area contributed by atoms with Crippen LogP contribution in [-0.2, 0) is 4.79 Å². The zero-order valence-corrected chi connectivity index (χ0v) is 10.5. The number of carbonyl (C=O) groups is 2. The molecule has 98 valence electrons. The summed E-state index contributed by atoms with van der Waals surface area (Å²) in [5.74, 6) is -0.926. The van der Waals surface area contributed by atoms with E-state index in [4.69, 9.17) is 0 Å². The molecule has 0 aromatic heterocycles. The number of carbonyl (C=O) groups excluding carboxylic acids is 1. The fourth-order valence-corrected chi connectivity index (χ4v) is 2.05. The van der Waals surface area contributed by atoms with Crippen LogP contribution in [0.25, 0.3) is 0 Å². The Morgan fingerprint density at radius 3 is 2.41 bits per heavy atom. The first-order valence-electron chi connectivity index (χ1n) is 5.93. The minimum absolute atomic E-state index is 0.315. The van der Waals surface area contributed by atoms with Crippen molar-refractivity contribution in [2.75, 3.05) is 27.2 Å². The van der Waals surface area contributed by atoms with E-state index in [9.17, 15) is 14.7 Å². The van der Waals surface area contributed by atoms with E-state index in [-0.39, 0.29) is 6.03 Å². The van der Waals surface area contributed by atoms with Gasteiger partial charge in [0.2, 0.25) is 0 Å². The number of rotatable bonds is 5. The molecular weight excluding hydrogens is 222 g/mol. The molecule has 0 bridgehead atoms. The lowest BCUT2D eigenvalue weighted by molar-refractivity contribution is -0.144. The first-order chi connectivity index (χ1) is 8.02. The Bertz CT molecular complexity index is 288. The molecule has 0 aliphatic heterocycles. The van der Waals surface area contributed by atoms with E-state index in [1.54, 1.807) is 14.1 Å². The average molecular weight is 243 g/mol. The number of hydrogen-bond donors (Lipinski definition) is 3. The van der Waals surface area contributed by atoms with E-state index < -0.39 is 11.5 Å². The molecule has 1 rings (SSSR count). The number of nitrogens with one attached hydrogen (secondary N) is 2. The van der Waals surface area contributed by atoms with Gasteiger partial charge in [0.05, 0.1) is 0 Å². The van der Waals surface area contributed by atoms with Crippen LogP contribution in [0.3, 0.4) is 0 Å². The molecule has 0 unspecified atom stereocenters. The summed E-state index contributed by atoms with van der Waals surface area (Å²) in [6, 6.07) is -0.315. The molecule has 17 heavy (non-hydrogen) atoms. The van der Waals surface area contributed by atoms with Gasteiger partial charge >= 0.3 is 12.0 Å². The topological polar surface area (TPSA) is 81.7 Å². The Kier molecular flexibility index (Phi) is 4.74. The maximum Gasteiger partial charge on any atom is 0.329 e. The quantitative estimate of drug-likeness (QED) is 0.646. The highest BCUT2D eigenvalue weighted by molar-refractivity contribution is 5.86. The molecule has 0 radical (unpaired) electrons. The molecule has 1 aliphatic rings. The molecule has 0 aromatic rings. The summed E-state index contributed by atoms with van der Waals surface area (Å²) >= 11 is 0. The van der Waals surface area contributed by atoms with Crippen LogP contribution in [0.4, 0.5) is 4.79 Å². The van der Waals surface area contributed by atoms with Crippen LogP contribution < -0.4 is 10.6 Å². The summed E-state index contributed by atoms with van der Waals surface area (Å²) in [4.78, 5) is 24.6. The van der Waals surface area contributed by atoms with E-state index in [0.717, 1.165) is 12.8 Å². The first kappa shape index (κ1) is 13.8. The van der Waals surface area contributed by atoms with Crippen molar-refractivity contribution in [1.82, 2.24) is 15.5 Å². The van der Waals surface area contributed by atoms with Crippen molar-refractivity contribution in [3.8, 4) is 0 Å². The number of nitrogens with zero attached hydrogens (tertiary/aromatic N) is 1. The maximum absolute atomic E-state index is 11.8. The van der Waals surface area contributed by atoms with E-state index in [1.165, 1.54) is 4.90 Å². The van der Waals surface area contributed by atoms with Crippen molar-refractivity contribution in [1.29, 1.82) is 0 Å². The summed E-state index contributed by atoms with van der Waals surface area (Å²) in [5.41, 5.74) is -1.05. The number of aliphatic carboxylic acids is 1. The minimum atomic E-state index is -1.05. The molecule has 1 aliphatic carbocycles. The normalized spacial score (nSPS) is 17.8. The molecule has 0 atom stereocenters. The van der Waals surface area contributed by atoms with Gasteiger partial charge in [0.25, 0.3) is 0 Å². The lowest BCUT2D eigenvalue weighted by Crippen LogP contribution is -2.56. The van der Waals surface area contributed by atoms with Gasteiger partial charge in [-0.2, -0.15) is 0 Å². The molecule has 1 fully saturated rings. The molecule has 0 saturated heterocycles. The molecule has 1 saturated carbocycles. The highest BCUT2D eigenvalue weighted by Crippen LogP contribution is 2.29. The van der Waals surface area contributed by atoms with Gasteiger partial charge in [-0.3, -0.25) is 0 Å². The zero-order chi connectivity index (χ0) is 12.9. The Labute approximate surface area is 101 Å². The molecule has 3 N–H and O–H groups in total. The number of carboxylic acids is 1. The number of urea groups is 1. The third kappa shape index (κ3) is 3.33. The van der Waals surface area contributed by atoms with Crippen LogP contribution in [0.5, 0.6) is 0 Å². The average Bonchev–Trinajstić information content (AvgIpc) is 2.75. The molecule has 0 aromatic carbocycles. The number of carboxylic acid groups (broad SMARTS) is 1. The summed E-state index contributed by atoms with van der Waals surface area (Å²) in [6.07, 6.45) is 2.75. The van der Waals surface area contributed by atoms with Gasteiger partial charge < -0.3 is 20.6 Å². The Morgan fingerprint density at radius 1 is 1.35 bits per heavy atom. The van der Waals surface area contributed by atoms with Crippen molar-refractivity contribution in [3.05, 3.63) is 0 Å². The summed E-state index contributed by atoms with van der Waals surface area (Å²) in [5, 5.41) is 14.8. The van der Waals surface area contributed by atoms with E-state index in [1.807, 2.05) is 0 Å². The molecule has 6 nitrogen and oxygen atoms in total. The summed E-state index contributed by atoms with van der Waals surface area (Å²) < 4.78 is 0. The summed E-state index contributed by atoms with van der Waals surface area (Å²) in [7, 11) is 3.47. The van der Waals surface area contributed by atoms with Crippen molar-refractivity contribution >= 4 is 12.0 Å². The number of amides is 2. The second kappa shape index (κ2) is 5.86. The van der Waals surface area contributed by atoms with Gasteiger partial charge in [-0.25, -0.2) is 9.59 Å². The monoisotopic (exact) mass is 243 g/mol. The van der Waals surface area contributed by atoms with Gasteiger partial charge in [0.1, 0.15) is 5.54 Å². The lowest BCUT2D eigenvalue weighted by atomic mass is 9.98. The molecule has 0 heterocycles. The Hall–Kier alpha value is -1.30. The predicted octanol–water partition coefficient (Wildman–Crippen LogP) is 0.245. The fraction of sp³-hybridized carbons (Fsp3) is 0.818. The molecular formula is C11H21N3O3. The fourth-order valence-electron chi connectivity index (χ4n) is 2.05. The van der Waals surface area contributed by atoms with Gasteiger partial charge in [-0.15, -0.1) is 0 Å². The Morgan fingerprint density at radius 2 is 1.94 bits per heavy atom. The van der Waals surface area contributed by atoms with Crippen LogP contribution >= 0.6 is 0 Å². The van der Waals surface area contributed by atoms with Crippen molar-refractivity contribution in [2.45, 2.75) is 31.2 Å². The summed E-state index contributed by atoms with van der Waals surface area (Å²) in [6.45, 7) is 1.24. The van der Waals surface area contributed by atoms with E-state index >= 15 is 0 Å². The SMILES string of the molecule is CNCCN(C)C(=O)NC1(C(=O)O)CCCC1. The third-order valence-corrected chi connectivity index (χ3v) is 3.26. The van der Waals surface area contributed by atoms with E-state index in [2.05, 4.69) is 10.6 Å². The smallest absolute Gasteiger partial charge is 0.329 e. The molecule has 2 amide bonds. The van der Waals surface area contributed by atoms with Gasteiger partial charge in [0, 0.05) is 20.1 Å². The van der Waals surface area contributed by atoms with Crippen molar-refractivity contribution < 1.29 is 14.7 Å². The zero-order valence-electron chi connectivity index (χ0n) is 10.5. The highest BCUT2D eigenvalue weighted by Gasteiger charge is 2.43. The first-order valence-corrected chi connectivity index (χ1v) is 5.93. The Balaban J connectivity index is 2.56. The van der Waals surface area contributed by atoms with Crippen LogP contribution in [-0.4, -0.2) is 54.7 Å². The third-order valence-electron chi connectivity index (χ3n) is 3.26. The lowest BCUT2D eigenvalue weighted by Gasteiger charge is -2.28. The van der Waals surface area contributed by atoms with Crippen LogP contribution in [0.1, 0.15) is 25.7 Å². The maximum atomic E-state index is 11.8. The second-order valence-electron chi connectivity index (χ2n) is 4.55. The standard InChI is InChI=1S/C11H21N3O3/c1-12-7-8-14(2)10(17)13-11(9(15)16)5-3-4-6-11/h12H,3-8H2,1-2H3,(H,13,17)(H,15,16). The van der Waals surface area contributed by atoms with Crippen molar-refractivity contribution in [3.63, 3.8) is 0 Å². The largest absolute Gasteiger partial charge is 0.480 e. The van der Waals surface area contributed by atoms with Crippen LogP contribution in [0, 0.1) is 0 Å². The number of hydrogen-bond acceptors (Lipinski definition) is 3. The van der Waals surface area contributed by atoms with Crippen LogP contribution in [0.15, 0.2) is 0 Å². The van der Waals surface area contributed by atoms with Crippen molar-refractivity contribution in [2.24, 2.45) is 0 Å². The van der Waals surface area contributed by atoms with Gasteiger partial charge in [0.15, 0.2) is 0 Å². The molecule has 0 spiro atoms. The van der Waals surface area contributed by atoms with Gasteiger partial charge in [-0.1, -0.05) is 12.8 Å². The highest BCUT2D eigenvalue weighted by atomic mass is 16.4. The molecule has 6 heteroatoms.